The van der Waals surface area contributed by atoms with Crippen molar-refractivity contribution in [3.63, 3.8) is 0 Å². The highest BCUT2D eigenvalue weighted by Crippen LogP contribution is 2.27. The molecular formula is C38H53N7O3. The van der Waals surface area contributed by atoms with Crippen molar-refractivity contribution >= 4 is 17.7 Å². The Hall–Kier alpha value is -4.09. The van der Waals surface area contributed by atoms with E-state index in [2.05, 4.69) is 31.9 Å². The average molecular weight is 656 g/mol. The number of hydrogen-bond donors (Lipinski definition) is 6. The number of rotatable bonds is 12. The van der Waals surface area contributed by atoms with Gasteiger partial charge in [-0.25, -0.2) is 0 Å². The van der Waals surface area contributed by atoms with E-state index in [9.17, 15) is 14.4 Å². The van der Waals surface area contributed by atoms with E-state index in [0.717, 1.165) is 36.3 Å². The molecule has 0 aliphatic carbocycles. The molecule has 1 aliphatic rings. The molecule has 258 valence electrons. The number of carbonyl (C=O) groups is 3. The minimum absolute atomic E-state index is 0.0270. The second-order valence-corrected chi connectivity index (χ2v) is 12.8. The van der Waals surface area contributed by atoms with Gasteiger partial charge < -0.3 is 31.9 Å². The lowest BCUT2D eigenvalue weighted by Crippen LogP contribution is -2.62. The Labute approximate surface area is 285 Å². The Kier molecular flexibility index (Phi) is 14.6. The fourth-order valence-electron chi connectivity index (χ4n) is 6.26. The summed E-state index contributed by atoms with van der Waals surface area (Å²) >= 11 is 0. The van der Waals surface area contributed by atoms with Crippen molar-refractivity contribution in [1.29, 1.82) is 0 Å². The lowest BCUT2D eigenvalue weighted by Gasteiger charge is -2.44. The number of nitrogens with zero attached hydrogens (tertiary/aromatic N) is 1. The highest BCUT2D eigenvalue weighted by atomic mass is 16.2. The summed E-state index contributed by atoms with van der Waals surface area (Å²) in [6, 6.07) is 28.8. The van der Waals surface area contributed by atoms with Gasteiger partial charge in [-0.1, -0.05) is 91.0 Å². The predicted octanol–water partition coefficient (Wildman–Crippen LogP) is 3.22. The van der Waals surface area contributed by atoms with Gasteiger partial charge in [-0.05, 0) is 37.5 Å². The molecule has 3 aromatic rings. The van der Waals surface area contributed by atoms with Crippen LogP contribution in [-0.2, 0) is 14.4 Å². The largest absolute Gasteiger partial charge is 0.350 e. The van der Waals surface area contributed by atoms with Crippen LogP contribution < -0.4 is 31.9 Å². The molecule has 0 bridgehead atoms. The molecule has 1 heterocycles. The third-order valence-corrected chi connectivity index (χ3v) is 8.99. The van der Waals surface area contributed by atoms with Crippen molar-refractivity contribution in [1.82, 2.24) is 36.8 Å². The van der Waals surface area contributed by atoms with Crippen LogP contribution in [0.1, 0.15) is 68.4 Å². The normalized spacial score (nSPS) is 17.8. The Morgan fingerprint density at radius 2 is 0.958 bits per heavy atom. The maximum atomic E-state index is 14.0. The van der Waals surface area contributed by atoms with Crippen molar-refractivity contribution in [3.05, 3.63) is 108 Å². The van der Waals surface area contributed by atoms with Gasteiger partial charge in [0, 0.05) is 58.7 Å². The van der Waals surface area contributed by atoms with Crippen molar-refractivity contribution in [2.45, 2.75) is 57.3 Å². The maximum absolute atomic E-state index is 14.0. The molecule has 6 N–H and O–H groups in total. The van der Waals surface area contributed by atoms with Crippen molar-refractivity contribution in [2.75, 3.05) is 52.4 Å². The van der Waals surface area contributed by atoms with Crippen LogP contribution in [0.15, 0.2) is 91.0 Å². The quantitative estimate of drug-likeness (QED) is 0.177. The Bertz CT molecular complexity index is 1350. The number of hydrogen-bond acceptors (Lipinski definition) is 7. The van der Waals surface area contributed by atoms with Gasteiger partial charge in [-0.2, -0.15) is 0 Å². The summed E-state index contributed by atoms with van der Waals surface area (Å²) in [7, 11) is 0. The molecule has 0 aromatic heterocycles. The van der Waals surface area contributed by atoms with Crippen molar-refractivity contribution < 1.29 is 14.4 Å². The second-order valence-electron chi connectivity index (χ2n) is 12.8. The van der Waals surface area contributed by atoms with E-state index in [1.807, 2.05) is 117 Å². The van der Waals surface area contributed by atoms with Crippen LogP contribution in [0.25, 0.3) is 0 Å². The first-order chi connectivity index (χ1) is 23.3. The molecule has 3 atom stereocenters. The van der Waals surface area contributed by atoms with E-state index in [4.69, 9.17) is 0 Å². The first-order valence-corrected chi connectivity index (χ1v) is 17.2. The van der Waals surface area contributed by atoms with Crippen LogP contribution in [0.3, 0.4) is 0 Å². The van der Waals surface area contributed by atoms with Gasteiger partial charge in [-0.15, -0.1) is 0 Å². The van der Waals surface area contributed by atoms with Crippen molar-refractivity contribution in [2.24, 2.45) is 0 Å². The molecule has 1 fully saturated rings. The zero-order valence-electron chi connectivity index (χ0n) is 28.6. The number of benzene rings is 3. The lowest BCUT2D eigenvalue weighted by atomic mass is 9.86. The van der Waals surface area contributed by atoms with E-state index in [-0.39, 0.29) is 55.2 Å². The Morgan fingerprint density at radius 1 is 0.583 bits per heavy atom. The van der Waals surface area contributed by atoms with Gasteiger partial charge >= 0.3 is 0 Å². The molecule has 10 heteroatoms. The standard InChI is InChI=1S/C38H53N7O3/c1-29(32-13-7-4-8-14-32)42-35(46)25-38(26-36(47)43-30(2)33-15-9-5-10-16-33)28-41-22-21-39-19-20-40-23-24-45(38)27-37(48)44-31(3)34-17-11-6-12-18-34/h4-18,29-31,39-41H,19-28H2,1-3H3,(H,42,46)(H,43,47)(H,44,48)/t29-,30-,31-/m1/s1. The average Bonchev–Trinajstić information content (AvgIpc) is 3.08. The van der Waals surface area contributed by atoms with E-state index in [1.54, 1.807) is 0 Å². The predicted molar refractivity (Wildman–Crippen MR) is 191 cm³/mol. The molecule has 3 amide bonds. The number of nitrogens with one attached hydrogen (secondary N) is 6. The highest BCUT2D eigenvalue weighted by Gasteiger charge is 2.42. The fourth-order valence-corrected chi connectivity index (χ4v) is 6.26. The van der Waals surface area contributed by atoms with E-state index >= 15 is 0 Å². The smallest absolute Gasteiger partial charge is 0.234 e. The van der Waals surface area contributed by atoms with Gasteiger partial charge in [0.25, 0.3) is 0 Å². The molecule has 0 unspecified atom stereocenters. The second kappa shape index (κ2) is 19.0. The molecule has 48 heavy (non-hydrogen) atoms. The third kappa shape index (κ3) is 11.6. The van der Waals surface area contributed by atoms with Gasteiger partial charge in [0.05, 0.1) is 30.2 Å². The van der Waals surface area contributed by atoms with Crippen molar-refractivity contribution in [3.8, 4) is 0 Å². The van der Waals surface area contributed by atoms with Gasteiger partial charge in [0.2, 0.25) is 17.7 Å². The molecule has 0 saturated carbocycles. The summed E-state index contributed by atoms with van der Waals surface area (Å²) in [4.78, 5) is 43.7. The van der Waals surface area contributed by atoms with Gasteiger partial charge in [-0.3, -0.25) is 19.3 Å². The molecule has 0 spiro atoms. The molecule has 1 aliphatic heterocycles. The van der Waals surface area contributed by atoms with Crippen LogP contribution in [0.2, 0.25) is 0 Å². The van der Waals surface area contributed by atoms with Crippen LogP contribution in [0, 0.1) is 0 Å². The zero-order chi connectivity index (χ0) is 34.2. The zero-order valence-corrected chi connectivity index (χ0v) is 28.6. The molecule has 10 nitrogen and oxygen atoms in total. The first kappa shape index (κ1) is 36.7. The maximum Gasteiger partial charge on any atom is 0.234 e. The first-order valence-electron chi connectivity index (χ1n) is 17.2. The van der Waals surface area contributed by atoms with E-state index < -0.39 is 5.54 Å². The summed E-state index contributed by atoms with van der Waals surface area (Å²) in [6.07, 6.45) is 0.0541. The lowest BCUT2D eigenvalue weighted by molar-refractivity contribution is -0.133. The summed E-state index contributed by atoms with van der Waals surface area (Å²) < 4.78 is 0. The van der Waals surface area contributed by atoms with Crippen LogP contribution in [0.5, 0.6) is 0 Å². The van der Waals surface area contributed by atoms with Gasteiger partial charge in [0.15, 0.2) is 0 Å². The summed E-state index contributed by atoms with van der Waals surface area (Å²) in [5.74, 6) is -0.530. The summed E-state index contributed by atoms with van der Waals surface area (Å²) in [5.41, 5.74) is 1.99. The number of amides is 3. The summed E-state index contributed by atoms with van der Waals surface area (Å²) in [5, 5.41) is 19.9. The molecule has 0 radical (unpaired) electrons. The topological polar surface area (TPSA) is 127 Å². The molecular weight excluding hydrogens is 602 g/mol. The summed E-state index contributed by atoms with van der Waals surface area (Å²) in [6.45, 7) is 10.3. The Balaban J connectivity index is 1.64. The van der Waals surface area contributed by atoms with Crippen LogP contribution in [0.4, 0.5) is 0 Å². The monoisotopic (exact) mass is 655 g/mol. The third-order valence-electron chi connectivity index (χ3n) is 8.99. The van der Waals surface area contributed by atoms with E-state index in [1.165, 1.54) is 0 Å². The SMILES string of the molecule is C[C@@H](NC(=O)CN1CCNCCNCCNCC1(CC(=O)N[C@H](C)c1ccccc1)CC(=O)N[C@H](C)c1ccccc1)c1ccccc1. The Morgan fingerprint density at radius 3 is 1.40 bits per heavy atom. The fraction of sp³-hybridized carbons (Fsp3) is 0.447. The van der Waals surface area contributed by atoms with Crippen LogP contribution in [-0.4, -0.2) is 80.5 Å². The highest BCUT2D eigenvalue weighted by molar-refractivity contribution is 5.83. The minimum Gasteiger partial charge on any atom is -0.350 e. The molecule has 1 saturated heterocycles. The number of carbonyl (C=O) groups excluding carboxylic acids is 3. The van der Waals surface area contributed by atoms with Gasteiger partial charge in [0.1, 0.15) is 0 Å². The van der Waals surface area contributed by atoms with E-state index in [0.29, 0.717) is 26.2 Å². The molecule has 4 rings (SSSR count). The molecule has 3 aromatic carbocycles. The minimum atomic E-state index is -1.00. The van der Waals surface area contributed by atoms with Crippen LogP contribution >= 0.6 is 0 Å².